The Hall–Kier alpha value is -4.39. The van der Waals surface area contributed by atoms with Crippen molar-refractivity contribution in [2.45, 2.75) is 6.92 Å². The molecule has 0 saturated carbocycles. The molecule has 0 spiro atoms. The number of methoxy groups -OCH3 is 2. The van der Waals surface area contributed by atoms with Crippen molar-refractivity contribution in [3.8, 4) is 34.5 Å². The zero-order valence-electron chi connectivity index (χ0n) is 18.5. The smallest absolute Gasteiger partial charge is 0.255 e. The van der Waals surface area contributed by atoms with Crippen molar-refractivity contribution in [2.24, 2.45) is 0 Å². The van der Waals surface area contributed by atoms with E-state index in [0.29, 0.717) is 40.2 Å². The number of hydrogen-bond donors (Lipinski definition) is 1. The van der Waals surface area contributed by atoms with Crippen LogP contribution >= 0.6 is 0 Å². The molecule has 1 heterocycles. The summed E-state index contributed by atoms with van der Waals surface area (Å²) in [5.74, 6) is 2.44. The molecule has 33 heavy (non-hydrogen) atoms. The van der Waals surface area contributed by atoms with Crippen LogP contribution < -0.4 is 19.5 Å². The molecule has 7 nitrogen and oxygen atoms in total. The number of nitrogens with zero attached hydrogens (tertiary/aromatic N) is 2. The molecule has 0 saturated heterocycles. The fraction of sp³-hybridized carbons (Fsp3) is 0.115. The Bertz CT molecular complexity index is 1260. The number of amides is 1. The topological polar surface area (TPSA) is 82.6 Å². The quantitative estimate of drug-likeness (QED) is 0.407. The number of rotatable bonds is 7. The van der Waals surface area contributed by atoms with Gasteiger partial charge >= 0.3 is 0 Å². The maximum atomic E-state index is 12.7. The Morgan fingerprint density at radius 2 is 1.58 bits per heavy atom. The number of ether oxygens (including phenoxy) is 3. The van der Waals surface area contributed by atoms with Gasteiger partial charge < -0.3 is 19.5 Å². The molecule has 1 aromatic heterocycles. The number of hydrogen-bond acceptors (Lipinski definition) is 6. The second kappa shape index (κ2) is 9.82. The average molecular weight is 441 g/mol. The van der Waals surface area contributed by atoms with Gasteiger partial charge in [-0.15, -0.1) is 0 Å². The largest absolute Gasteiger partial charge is 0.497 e. The Balaban J connectivity index is 1.45. The van der Waals surface area contributed by atoms with Crippen molar-refractivity contribution in [2.75, 3.05) is 19.5 Å². The van der Waals surface area contributed by atoms with Crippen LogP contribution in [0.4, 0.5) is 5.69 Å². The van der Waals surface area contributed by atoms with Gasteiger partial charge in [0.25, 0.3) is 5.91 Å². The summed E-state index contributed by atoms with van der Waals surface area (Å²) in [4.78, 5) is 21.5. The highest BCUT2D eigenvalue weighted by atomic mass is 16.5. The van der Waals surface area contributed by atoms with Crippen LogP contribution in [0.25, 0.3) is 11.4 Å². The van der Waals surface area contributed by atoms with Crippen LogP contribution in [-0.4, -0.2) is 30.1 Å². The first-order valence-electron chi connectivity index (χ1n) is 10.3. The predicted octanol–water partition coefficient (Wildman–Crippen LogP) is 5.51. The van der Waals surface area contributed by atoms with E-state index in [-0.39, 0.29) is 5.91 Å². The fourth-order valence-electron chi connectivity index (χ4n) is 3.13. The molecule has 0 aliphatic rings. The van der Waals surface area contributed by atoms with Gasteiger partial charge in [-0.25, -0.2) is 4.98 Å². The molecular weight excluding hydrogens is 418 g/mol. The SMILES string of the molecule is COc1ccc(NC(=O)c2ccc(Oc3ccnc(-c4ccc(C)cc4)n3)cc2)c(OC)c1. The van der Waals surface area contributed by atoms with E-state index in [0.717, 1.165) is 5.56 Å². The van der Waals surface area contributed by atoms with Crippen molar-refractivity contribution in [1.82, 2.24) is 9.97 Å². The van der Waals surface area contributed by atoms with E-state index < -0.39 is 0 Å². The normalized spacial score (nSPS) is 10.4. The van der Waals surface area contributed by atoms with Crippen molar-refractivity contribution >= 4 is 11.6 Å². The van der Waals surface area contributed by atoms with Crippen molar-refractivity contribution in [3.63, 3.8) is 0 Å². The van der Waals surface area contributed by atoms with E-state index in [9.17, 15) is 4.79 Å². The van der Waals surface area contributed by atoms with Gasteiger partial charge in [0.2, 0.25) is 5.88 Å². The van der Waals surface area contributed by atoms with Crippen molar-refractivity contribution < 1.29 is 19.0 Å². The van der Waals surface area contributed by atoms with Crippen LogP contribution in [0, 0.1) is 6.92 Å². The molecule has 0 bridgehead atoms. The fourth-order valence-corrected chi connectivity index (χ4v) is 3.13. The molecule has 1 amide bonds. The molecule has 0 unspecified atom stereocenters. The number of carbonyl (C=O) groups is 1. The Morgan fingerprint density at radius 3 is 2.27 bits per heavy atom. The summed E-state index contributed by atoms with van der Waals surface area (Å²) < 4.78 is 16.4. The van der Waals surface area contributed by atoms with Gasteiger partial charge in [0.05, 0.1) is 19.9 Å². The number of benzene rings is 3. The third-order valence-electron chi connectivity index (χ3n) is 4.94. The zero-order chi connectivity index (χ0) is 23.2. The van der Waals surface area contributed by atoms with Gasteiger partial charge in [0.1, 0.15) is 17.2 Å². The summed E-state index contributed by atoms with van der Waals surface area (Å²) in [5, 5.41) is 2.85. The minimum Gasteiger partial charge on any atom is -0.497 e. The average Bonchev–Trinajstić information content (AvgIpc) is 2.85. The lowest BCUT2D eigenvalue weighted by Crippen LogP contribution is -2.12. The van der Waals surface area contributed by atoms with Gasteiger partial charge in [-0.05, 0) is 43.3 Å². The van der Waals surface area contributed by atoms with Crippen LogP contribution in [0.15, 0.2) is 79.0 Å². The Kier molecular flexibility index (Phi) is 6.50. The molecule has 7 heteroatoms. The molecule has 0 radical (unpaired) electrons. The maximum Gasteiger partial charge on any atom is 0.255 e. The molecule has 0 atom stereocenters. The van der Waals surface area contributed by atoms with E-state index in [1.165, 1.54) is 12.7 Å². The number of aromatic nitrogens is 2. The minimum absolute atomic E-state index is 0.270. The third kappa shape index (κ3) is 5.27. The second-order valence-electron chi connectivity index (χ2n) is 7.23. The summed E-state index contributed by atoms with van der Waals surface area (Å²) in [5.41, 5.74) is 3.10. The summed E-state index contributed by atoms with van der Waals surface area (Å²) in [7, 11) is 3.11. The number of carbonyl (C=O) groups excluding carboxylic acids is 1. The summed E-state index contributed by atoms with van der Waals surface area (Å²) >= 11 is 0. The summed E-state index contributed by atoms with van der Waals surface area (Å²) in [6, 6.07) is 21.6. The lowest BCUT2D eigenvalue weighted by molar-refractivity contribution is 0.102. The van der Waals surface area contributed by atoms with E-state index >= 15 is 0 Å². The Morgan fingerprint density at radius 1 is 0.848 bits per heavy atom. The lowest BCUT2D eigenvalue weighted by atomic mass is 10.1. The first-order valence-corrected chi connectivity index (χ1v) is 10.3. The number of nitrogens with one attached hydrogen (secondary N) is 1. The Labute approximate surface area is 192 Å². The van der Waals surface area contributed by atoms with Crippen LogP contribution in [-0.2, 0) is 0 Å². The van der Waals surface area contributed by atoms with Crippen molar-refractivity contribution in [1.29, 1.82) is 0 Å². The van der Waals surface area contributed by atoms with Crippen molar-refractivity contribution in [3.05, 3.63) is 90.1 Å². The number of anilines is 1. The highest BCUT2D eigenvalue weighted by molar-refractivity contribution is 6.05. The monoisotopic (exact) mass is 441 g/mol. The van der Waals surface area contributed by atoms with Gasteiger partial charge in [0.15, 0.2) is 5.82 Å². The highest BCUT2D eigenvalue weighted by Crippen LogP contribution is 2.30. The summed E-state index contributed by atoms with van der Waals surface area (Å²) in [6.45, 7) is 2.03. The highest BCUT2D eigenvalue weighted by Gasteiger charge is 2.12. The summed E-state index contributed by atoms with van der Waals surface area (Å²) in [6.07, 6.45) is 1.65. The molecule has 0 aliphatic heterocycles. The van der Waals surface area contributed by atoms with Gasteiger partial charge in [-0.2, -0.15) is 4.98 Å². The third-order valence-corrected chi connectivity index (χ3v) is 4.94. The van der Waals surface area contributed by atoms with Gasteiger partial charge in [-0.1, -0.05) is 29.8 Å². The van der Waals surface area contributed by atoms with Gasteiger partial charge in [0, 0.05) is 29.5 Å². The molecule has 1 N–H and O–H groups in total. The zero-order valence-corrected chi connectivity index (χ0v) is 18.5. The molecule has 0 fully saturated rings. The molecule has 0 aliphatic carbocycles. The molecular formula is C26H23N3O4. The second-order valence-corrected chi connectivity index (χ2v) is 7.23. The van der Waals surface area contributed by atoms with E-state index in [1.807, 2.05) is 31.2 Å². The molecule has 166 valence electrons. The molecule has 4 aromatic rings. The van der Waals surface area contributed by atoms with E-state index in [1.54, 1.807) is 61.8 Å². The van der Waals surface area contributed by atoms with Gasteiger partial charge in [-0.3, -0.25) is 4.79 Å². The van der Waals surface area contributed by atoms with Crippen LogP contribution in [0.5, 0.6) is 23.1 Å². The molecule has 4 rings (SSSR count). The molecule has 3 aromatic carbocycles. The predicted molar refractivity (Wildman–Crippen MR) is 126 cm³/mol. The number of aryl methyl sites for hydroxylation is 1. The van der Waals surface area contributed by atoms with Crippen LogP contribution in [0.2, 0.25) is 0 Å². The van der Waals surface area contributed by atoms with E-state index in [2.05, 4.69) is 15.3 Å². The minimum atomic E-state index is -0.270. The van der Waals surface area contributed by atoms with Crippen LogP contribution in [0.1, 0.15) is 15.9 Å². The first kappa shape index (κ1) is 21.8. The first-order chi connectivity index (χ1) is 16.1. The standard InChI is InChI=1S/C26H23N3O4/c1-17-4-6-18(7-5-17)25-27-15-14-24(29-25)33-20-10-8-19(9-11-20)26(30)28-22-13-12-21(31-2)16-23(22)32-3/h4-16H,1-3H3,(H,28,30). The van der Waals surface area contributed by atoms with E-state index in [4.69, 9.17) is 14.2 Å². The van der Waals surface area contributed by atoms with Crippen LogP contribution in [0.3, 0.4) is 0 Å². The maximum absolute atomic E-state index is 12.7. The lowest BCUT2D eigenvalue weighted by Gasteiger charge is -2.12.